The number of hydrogen-bond acceptors (Lipinski definition) is 5. The van der Waals surface area contributed by atoms with Crippen molar-refractivity contribution in [2.75, 3.05) is 31.6 Å². The Kier molecular flexibility index (Phi) is 6.45. The molecule has 0 spiro atoms. The largest absolute Gasteiger partial charge is 0.476 e. The molecule has 1 aliphatic heterocycles. The van der Waals surface area contributed by atoms with Gasteiger partial charge in [-0.3, -0.25) is 14.7 Å². The lowest BCUT2D eigenvalue weighted by Gasteiger charge is -2.31. The van der Waals surface area contributed by atoms with Crippen molar-refractivity contribution in [3.63, 3.8) is 0 Å². The zero-order valence-corrected chi connectivity index (χ0v) is 15.2. The van der Waals surface area contributed by atoms with E-state index in [1.54, 1.807) is 18.6 Å². The van der Waals surface area contributed by atoms with Crippen molar-refractivity contribution in [2.45, 2.75) is 19.0 Å². The van der Waals surface area contributed by atoms with E-state index in [2.05, 4.69) is 15.3 Å². The van der Waals surface area contributed by atoms with Gasteiger partial charge in [-0.1, -0.05) is 6.07 Å². The number of anilines is 1. The van der Waals surface area contributed by atoms with Gasteiger partial charge in [-0.15, -0.1) is 0 Å². The van der Waals surface area contributed by atoms with Gasteiger partial charge in [0.05, 0.1) is 24.9 Å². The fraction of sp³-hybridized carbons (Fsp3) is 0.421. The maximum Gasteiger partial charge on any atom is 0.416 e. The second-order valence-corrected chi connectivity index (χ2v) is 6.72. The van der Waals surface area contributed by atoms with Gasteiger partial charge >= 0.3 is 6.18 Å². The molecule has 3 rings (SSSR count). The molecule has 150 valence electrons. The molecule has 2 heterocycles. The SMILES string of the molecule is O=C(CN1CCCC(COc2cnccn2)C1)Nc1cccc(C(F)(F)F)c1. The molecule has 9 heteroatoms. The van der Waals surface area contributed by atoms with E-state index in [0.717, 1.165) is 31.5 Å². The quantitative estimate of drug-likeness (QED) is 0.815. The van der Waals surface area contributed by atoms with Gasteiger partial charge < -0.3 is 10.1 Å². The van der Waals surface area contributed by atoms with Gasteiger partial charge in [0.25, 0.3) is 0 Å². The zero-order chi connectivity index (χ0) is 20.0. The average Bonchev–Trinajstić information content (AvgIpc) is 2.67. The number of hydrogen-bond donors (Lipinski definition) is 1. The minimum atomic E-state index is -4.44. The van der Waals surface area contributed by atoms with Crippen LogP contribution in [0.4, 0.5) is 18.9 Å². The van der Waals surface area contributed by atoms with Gasteiger partial charge in [0.1, 0.15) is 0 Å². The van der Waals surface area contributed by atoms with Gasteiger partial charge in [0, 0.05) is 30.5 Å². The van der Waals surface area contributed by atoms with E-state index in [1.165, 1.54) is 12.1 Å². The van der Waals surface area contributed by atoms with Crippen LogP contribution in [0.15, 0.2) is 42.9 Å². The molecule has 0 aliphatic carbocycles. The number of benzene rings is 1. The Balaban J connectivity index is 1.48. The summed E-state index contributed by atoms with van der Waals surface area (Å²) in [5, 5.41) is 2.54. The van der Waals surface area contributed by atoms with Crippen molar-refractivity contribution in [1.82, 2.24) is 14.9 Å². The number of nitrogens with one attached hydrogen (secondary N) is 1. The molecule has 1 unspecified atom stereocenters. The van der Waals surface area contributed by atoms with Crippen LogP contribution in [0.25, 0.3) is 0 Å². The van der Waals surface area contributed by atoms with E-state index < -0.39 is 11.7 Å². The highest BCUT2D eigenvalue weighted by molar-refractivity contribution is 5.92. The first-order chi connectivity index (χ1) is 13.4. The summed E-state index contributed by atoms with van der Waals surface area (Å²) in [5.74, 6) is 0.369. The lowest BCUT2D eigenvalue weighted by atomic mass is 9.99. The highest BCUT2D eigenvalue weighted by atomic mass is 19.4. The van der Waals surface area contributed by atoms with Crippen LogP contribution in [0.3, 0.4) is 0 Å². The molecular formula is C19H21F3N4O2. The third-order valence-electron chi connectivity index (χ3n) is 4.45. The predicted molar refractivity (Wildman–Crippen MR) is 96.8 cm³/mol. The molecule has 1 amide bonds. The van der Waals surface area contributed by atoms with Crippen LogP contribution in [0.1, 0.15) is 18.4 Å². The molecule has 1 N–H and O–H groups in total. The van der Waals surface area contributed by atoms with Crippen LogP contribution >= 0.6 is 0 Å². The average molecular weight is 394 g/mol. The molecule has 28 heavy (non-hydrogen) atoms. The van der Waals surface area contributed by atoms with Crippen LogP contribution < -0.4 is 10.1 Å². The van der Waals surface area contributed by atoms with E-state index in [-0.39, 0.29) is 24.1 Å². The van der Waals surface area contributed by atoms with E-state index >= 15 is 0 Å². The van der Waals surface area contributed by atoms with Gasteiger partial charge in [-0.05, 0) is 37.6 Å². The molecule has 2 aromatic rings. The molecule has 1 saturated heterocycles. The van der Waals surface area contributed by atoms with Crippen molar-refractivity contribution in [2.24, 2.45) is 5.92 Å². The number of aromatic nitrogens is 2. The molecule has 0 bridgehead atoms. The highest BCUT2D eigenvalue weighted by Gasteiger charge is 2.30. The molecule has 1 aliphatic rings. The van der Waals surface area contributed by atoms with Crippen molar-refractivity contribution in [1.29, 1.82) is 0 Å². The van der Waals surface area contributed by atoms with E-state index in [0.29, 0.717) is 19.0 Å². The summed E-state index contributed by atoms with van der Waals surface area (Å²) in [6.07, 6.45) is 2.13. The number of piperidine rings is 1. The van der Waals surface area contributed by atoms with Crippen molar-refractivity contribution >= 4 is 11.6 Å². The molecule has 6 nitrogen and oxygen atoms in total. The van der Waals surface area contributed by atoms with E-state index in [1.807, 2.05) is 4.90 Å². The zero-order valence-electron chi connectivity index (χ0n) is 15.2. The normalized spacial score (nSPS) is 17.9. The standard InChI is InChI=1S/C19H21F3N4O2/c20-19(21,22)15-4-1-5-16(9-15)25-17(27)12-26-8-2-3-14(11-26)13-28-18-10-23-6-7-24-18/h1,4-7,9-10,14H,2-3,8,11-13H2,(H,25,27). The minimum Gasteiger partial charge on any atom is -0.476 e. The third kappa shape index (κ3) is 5.91. The summed E-state index contributed by atoms with van der Waals surface area (Å²) < 4.78 is 44.0. The molecule has 0 saturated carbocycles. The number of alkyl halides is 3. The Hall–Kier alpha value is -2.68. The summed E-state index contributed by atoms with van der Waals surface area (Å²) in [6, 6.07) is 4.63. The Morgan fingerprint density at radius 3 is 2.93 bits per heavy atom. The number of likely N-dealkylation sites (tertiary alicyclic amines) is 1. The van der Waals surface area contributed by atoms with Gasteiger partial charge in [-0.25, -0.2) is 4.98 Å². The van der Waals surface area contributed by atoms with Gasteiger partial charge in [0.2, 0.25) is 11.8 Å². The number of carbonyl (C=O) groups excluding carboxylic acids is 1. The number of carbonyl (C=O) groups is 1. The maximum atomic E-state index is 12.8. The summed E-state index contributed by atoms with van der Waals surface area (Å²) >= 11 is 0. The molecule has 1 atom stereocenters. The van der Waals surface area contributed by atoms with Gasteiger partial charge in [0.15, 0.2) is 0 Å². The first-order valence-corrected chi connectivity index (χ1v) is 8.98. The number of nitrogens with zero attached hydrogens (tertiary/aromatic N) is 3. The Morgan fingerprint density at radius 1 is 1.32 bits per heavy atom. The summed E-state index contributed by atoms with van der Waals surface area (Å²) in [7, 11) is 0. The fourth-order valence-electron chi connectivity index (χ4n) is 3.17. The van der Waals surface area contributed by atoms with Gasteiger partial charge in [-0.2, -0.15) is 13.2 Å². The summed E-state index contributed by atoms with van der Waals surface area (Å²) in [4.78, 5) is 22.2. The monoisotopic (exact) mass is 394 g/mol. The van der Waals surface area contributed by atoms with E-state index in [9.17, 15) is 18.0 Å². The topological polar surface area (TPSA) is 67.4 Å². The van der Waals surface area contributed by atoms with Crippen molar-refractivity contribution < 1.29 is 22.7 Å². The Bertz CT molecular complexity index is 786. The van der Waals surface area contributed by atoms with E-state index in [4.69, 9.17) is 4.74 Å². The van der Waals surface area contributed by atoms with Crippen LogP contribution in [0.2, 0.25) is 0 Å². The van der Waals surface area contributed by atoms with Crippen molar-refractivity contribution in [3.05, 3.63) is 48.4 Å². The molecular weight excluding hydrogens is 373 g/mol. The first kappa shape index (κ1) is 20.1. The Labute approximate surface area is 160 Å². The number of ether oxygens (including phenoxy) is 1. The Morgan fingerprint density at radius 2 is 2.18 bits per heavy atom. The second kappa shape index (κ2) is 9.01. The predicted octanol–water partition coefficient (Wildman–Crippen LogP) is 3.22. The summed E-state index contributed by atoms with van der Waals surface area (Å²) in [6.45, 7) is 2.04. The third-order valence-corrected chi connectivity index (χ3v) is 4.45. The maximum absolute atomic E-state index is 12.8. The van der Waals surface area contributed by atoms with Crippen LogP contribution in [0, 0.1) is 5.92 Å². The number of amides is 1. The van der Waals surface area contributed by atoms with Crippen LogP contribution in [-0.4, -0.2) is 47.0 Å². The first-order valence-electron chi connectivity index (χ1n) is 8.98. The smallest absolute Gasteiger partial charge is 0.416 e. The molecule has 0 radical (unpaired) electrons. The summed E-state index contributed by atoms with van der Waals surface area (Å²) in [5.41, 5.74) is -0.649. The minimum absolute atomic E-state index is 0.123. The molecule has 1 aromatic heterocycles. The lowest BCUT2D eigenvalue weighted by molar-refractivity contribution is -0.137. The number of halogens is 3. The lowest BCUT2D eigenvalue weighted by Crippen LogP contribution is -2.42. The molecule has 1 fully saturated rings. The number of rotatable bonds is 6. The fourth-order valence-corrected chi connectivity index (χ4v) is 3.17. The molecule has 1 aromatic carbocycles. The highest BCUT2D eigenvalue weighted by Crippen LogP contribution is 2.30. The van der Waals surface area contributed by atoms with Crippen molar-refractivity contribution in [3.8, 4) is 5.88 Å². The van der Waals surface area contributed by atoms with Crippen LogP contribution in [-0.2, 0) is 11.0 Å². The van der Waals surface area contributed by atoms with Crippen LogP contribution in [0.5, 0.6) is 5.88 Å². The second-order valence-electron chi connectivity index (χ2n) is 6.72.